The fourth-order valence-corrected chi connectivity index (χ4v) is 3.77. The Morgan fingerprint density at radius 3 is 2.43 bits per heavy atom. The van der Waals surface area contributed by atoms with Crippen molar-refractivity contribution in [1.29, 1.82) is 0 Å². The molecule has 4 atom stereocenters. The molecule has 1 saturated heterocycles. The Morgan fingerprint density at radius 1 is 1.23 bits per heavy atom. The molecule has 4 unspecified atom stereocenters. The van der Waals surface area contributed by atoms with Crippen LogP contribution >= 0.6 is 24.4 Å². The van der Waals surface area contributed by atoms with E-state index >= 15 is 0 Å². The lowest BCUT2D eigenvalue weighted by atomic mass is 10.1. The molecule has 0 aromatic heterocycles. The van der Waals surface area contributed by atoms with Gasteiger partial charge in [-0.25, -0.2) is 4.79 Å². The summed E-state index contributed by atoms with van der Waals surface area (Å²) in [4.78, 5) is 61.3. The normalized spacial score (nSPS) is 18.9. The molecule has 0 spiro atoms. The minimum atomic E-state index is -1.23. The summed E-state index contributed by atoms with van der Waals surface area (Å²) >= 11 is 5.38. The van der Waals surface area contributed by atoms with Crippen LogP contribution in [0, 0.1) is 0 Å². The van der Waals surface area contributed by atoms with E-state index in [0.717, 1.165) is 0 Å². The first-order valence-electron chi connectivity index (χ1n) is 9.40. The van der Waals surface area contributed by atoms with Crippen LogP contribution in [0.3, 0.4) is 0 Å². The second-order valence-electron chi connectivity index (χ2n) is 6.89. The summed E-state index contributed by atoms with van der Waals surface area (Å²) in [7, 11) is 0. The zero-order valence-corrected chi connectivity index (χ0v) is 18.4. The number of thiol groups is 1. The van der Waals surface area contributed by atoms with Crippen molar-refractivity contribution in [2.75, 3.05) is 24.3 Å². The number of thioether (sulfide) groups is 1. The molecule has 30 heavy (non-hydrogen) atoms. The van der Waals surface area contributed by atoms with E-state index in [0.29, 0.717) is 25.1 Å². The monoisotopic (exact) mass is 463 g/mol. The number of amides is 4. The lowest BCUT2D eigenvalue weighted by Crippen LogP contribution is -2.57. The van der Waals surface area contributed by atoms with Crippen LogP contribution < -0.4 is 22.1 Å². The number of nitrogens with two attached hydrogens (primary N) is 2. The van der Waals surface area contributed by atoms with E-state index in [1.165, 1.54) is 16.7 Å². The summed E-state index contributed by atoms with van der Waals surface area (Å²) in [5.41, 5.74) is 10.8. The molecular weight excluding hydrogens is 434 g/mol. The fourth-order valence-electron chi connectivity index (χ4n) is 3.05. The molecular formula is C17H29N5O6S2. The van der Waals surface area contributed by atoms with Gasteiger partial charge in [-0.15, -0.1) is 0 Å². The molecule has 11 nitrogen and oxygen atoms in total. The van der Waals surface area contributed by atoms with E-state index < -0.39 is 53.8 Å². The van der Waals surface area contributed by atoms with Crippen LogP contribution in [0.5, 0.6) is 0 Å². The minimum Gasteiger partial charge on any atom is -0.480 e. The van der Waals surface area contributed by atoms with Gasteiger partial charge in [0.25, 0.3) is 0 Å². The van der Waals surface area contributed by atoms with Crippen molar-refractivity contribution < 1.29 is 29.1 Å². The molecule has 0 radical (unpaired) electrons. The number of aliphatic carboxylic acids is 1. The predicted molar refractivity (Wildman–Crippen MR) is 115 cm³/mol. The fraction of sp³-hybridized carbons (Fsp3) is 0.706. The van der Waals surface area contributed by atoms with Crippen LogP contribution in [0.25, 0.3) is 0 Å². The lowest BCUT2D eigenvalue weighted by Gasteiger charge is -2.28. The maximum absolute atomic E-state index is 12.8. The topological polar surface area (TPSA) is 185 Å². The van der Waals surface area contributed by atoms with Gasteiger partial charge < -0.3 is 32.1 Å². The third-order valence-electron chi connectivity index (χ3n) is 4.62. The van der Waals surface area contributed by atoms with Crippen molar-refractivity contribution in [3.05, 3.63) is 0 Å². The smallest absolute Gasteiger partial charge is 0.327 e. The van der Waals surface area contributed by atoms with Gasteiger partial charge in [0.15, 0.2) is 0 Å². The number of nitrogens with one attached hydrogen (secondary N) is 2. The first kappa shape index (κ1) is 26.0. The summed E-state index contributed by atoms with van der Waals surface area (Å²) in [5.74, 6) is -3.24. The van der Waals surface area contributed by atoms with E-state index in [1.54, 1.807) is 0 Å². The number of likely N-dealkylation sites (tertiary alicyclic amines) is 1. The highest BCUT2D eigenvalue weighted by molar-refractivity contribution is 7.98. The Bertz CT molecular complexity index is 665. The molecule has 0 bridgehead atoms. The number of hydrogen-bond acceptors (Lipinski definition) is 8. The van der Waals surface area contributed by atoms with Crippen LogP contribution in [-0.2, 0) is 24.0 Å². The molecule has 0 aromatic carbocycles. The summed E-state index contributed by atoms with van der Waals surface area (Å²) in [6, 6.07) is -4.13. The average Bonchev–Trinajstić information content (AvgIpc) is 3.17. The maximum atomic E-state index is 12.8. The van der Waals surface area contributed by atoms with Crippen molar-refractivity contribution in [2.24, 2.45) is 11.5 Å². The summed E-state index contributed by atoms with van der Waals surface area (Å²) in [6.45, 7) is 0.297. The number of carbonyl (C=O) groups excluding carboxylic acids is 4. The van der Waals surface area contributed by atoms with Gasteiger partial charge in [-0.1, -0.05) is 0 Å². The Hall–Kier alpha value is -1.99. The molecule has 0 saturated carbocycles. The van der Waals surface area contributed by atoms with Gasteiger partial charge in [0.05, 0.1) is 12.5 Å². The largest absolute Gasteiger partial charge is 0.480 e. The zero-order chi connectivity index (χ0) is 22.8. The number of carboxylic acid groups (broad SMARTS) is 1. The molecule has 0 aliphatic carbocycles. The Labute approximate surface area is 184 Å². The lowest BCUT2D eigenvalue weighted by molar-refractivity contribution is -0.142. The van der Waals surface area contributed by atoms with Crippen LogP contribution in [-0.4, -0.2) is 88.1 Å². The van der Waals surface area contributed by atoms with Crippen molar-refractivity contribution in [1.82, 2.24) is 15.5 Å². The third kappa shape index (κ3) is 7.69. The summed E-state index contributed by atoms with van der Waals surface area (Å²) < 4.78 is 0. The van der Waals surface area contributed by atoms with Gasteiger partial charge in [-0.2, -0.15) is 24.4 Å². The van der Waals surface area contributed by atoms with Gasteiger partial charge in [0, 0.05) is 12.3 Å². The van der Waals surface area contributed by atoms with Crippen molar-refractivity contribution in [3.63, 3.8) is 0 Å². The molecule has 1 aliphatic rings. The SMILES string of the molecule is CSCCC(NC(=O)C1CCCN1C(=O)C(N)CC(N)=O)C(=O)NC(CS)C(=O)O. The van der Waals surface area contributed by atoms with Crippen LogP contribution in [0.4, 0.5) is 0 Å². The first-order chi connectivity index (χ1) is 14.1. The molecule has 1 heterocycles. The van der Waals surface area contributed by atoms with Gasteiger partial charge in [0.2, 0.25) is 23.6 Å². The van der Waals surface area contributed by atoms with E-state index in [2.05, 4.69) is 23.3 Å². The number of carbonyl (C=O) groups is 5. The molecule has 1 aliphatic heterocycles. The Balaban J connectivity index is 2.86. The second kappa shape index (κ2) is 12.6. The first-order valence-corrected chi connectivity index (χ1v) is 11.4. The van der Waals surface area contributed by atoms with Crippen LogP contribution in [0.2, 0.25) is 0 Å². The van der Waals surface area contributed by atoms with E-state index in [-0.39, 0.29) is 18.6 Å². The van der Waals surface area contributed by atoms with Crippen LogP contribution in [0.1, 0.15) is 25.7 Å². The Morgan fingerprint density at radius 2 is 1.90 bits per heavy atom. The molecule has 1 rings (SSSR count). The van der Waals surface area contributed by atoms with Crippen LogP contribution in [0.15, 0.2) is 0 Å². The molecule has 4 amide bonds. The summed E-state index contributed by atoms with van der Waals surface area (Å²) in [6.07, 6.45) is 2.73. The molecule has 0 aromatic rings. The molecule has 1 fully saturated rings. The number of nitrogens with zero attached hydrogens (tertiary/aromatic N) is 1. The highest BCUT2D eigenvalue weighted by Gasteiger charge is 2.38. The number of carboxylic acids is 1. The zero-order valence-electron chi connectivity index (χ0n) is 16.7. The van der Waals surface area contributed by atoms with E-state index in [9.17, 15) is 24.0 Å². The molecule has 13 heteroatoms. The van der Waals surface area contributed by atoms with E-state index in [1.807, 2.05) is 6.26 Å². The van der Waals surface area contributed by atoms with Crippen molar-refractivity contribution in [3.8, 4) is 0 Å². The van der Waals surface area contributed by atoms with Gasteiger partial charge >= 0.3 is 5.97 Å². The predicted octanol–water partition coefficient (Wildman–Crippen LogP) is -2.08. The highest BCUT2D eigenvalue weighted by atomic mass is 32.2. The van der Waals surface area contributed by atoms with Gasteiger partial charge in [-0.3, -0.25) is 19.2 Å². The molecule has 170 valence electrons. The Kier molecular flexibility index (Phi) is 11.0. The number of primary amides is 1. The van der Waals surface area contributed by atoms with E-state index in [4.69, 9.17) is 16.6 Å². The van der Waals surface area contributed by atoms with Gasteiger partial charge in [-0.05, 0) is 31.3 Å². The van der Waals surface area contributed by atoms with Gasteiger partial charge in [0.1, 0.15) is 18.1 Å². The van der Waals surface area contributed by atoms with Crippen molar-refractivity contribution >= 4 is 54.0 Å². The minimum absolute atomic E-state index is 0.104. The standard InChI is InChI=1S/C17H29N5O6S2/c1-30-6-4-10(14(24)21-11(8-29)17(27)28)20-15(25)12-3-2-5-22(12)16(26)9(18)7-13(19)23/h9-12,29H,2-8,18H2,1H3,(H2,19,23)(H,20,25)(H,21,24)(H,27,28). The highest BCUT2D eigenvalue weighted by Crippen LogP contribution is 2.19. The quantitative estimate of drug-likeness (QED) is 0.178. The van der Waals surface area contributed by atoms with Crippen molar-refractivity contribution in [2.45, 2.75) is 49.9 Å². The third-order valence-corrected chi connectivity index (χ3v) is 5.63. The average molecular weight is 464 g/mol. The second-order valence-corrected chi connectivity index (χ2v) is 8.24. The maximum Gasteiger partial charge on any atom is 0.327 e. The number of rotatable bonds is 12. The number of hydrogen-bond donors (Lipinski definition) is 6. The molecule has 7 N–H and O–H groups in total. The summed E-state index contributed by atoms with van der Waals surface area (Å²) in [5, 5.41) is 14.1.